The zero-order valence-electron chi connectivity index (χ0n) is 14.1. The van der Waals surface area contributed by atoms with Crippen LogP contribution in [0.4, 0.5) is 13.2 Å². The molecule has 144 valence electrons. The molecule has 3 rings (SSSR count). The second-order valence-electron chi connectivity index (χ2n) is 5.91. The molecule has 2 aromatic carbocycles. The van der Waals surface area contributed by atoms with Gasteiger partial charge < -0.3 is 15.5 Å². The number of carboxylic acid groups (broad SMARTS) is 1. The fourth-order valence-electron chi connectivity index (χ4n) is 2.67. The van der Waals surface area contributed by atoms with Gasteiger partial charge in [0.2, 0.25) is 0 Å². The molecular formula is C19H13F3N2O4. The van der Waals surface area contributed by atoms with Crippen LogP contribution in [0.1, 0.15) is 15.9 Å². The smallest absolute Gasteiger partial charge is 0.416 e. The van der Waals surface area contributed by atoms with Crippen molar-refractivity contribution in [1.82, 2.24) is 10.3 Å². The summed E-state index contributed by atoms with van der Waals surface area (Å²) in [6.07, 6.45) is -3.08. The summed E-state index contributed by atoms with van der Waals surface area (Å²) in [6, 6.07) is 8.91. The van der Waals surface area contributed by atoms with Gasteiger partial charge in [-0.05, 0) is 35.9 Å². The molecule has 0 saturated carbocycles. The average molecular weight is 390 g/mol. The van der Waals surface area contributed by atoms with E-state index in [1.807, 2.05) is 0 Å². The van der Waals surface area contributed by atoms with Gasteiger partial charge in [-0.25, -0.2) is 0 Å². The number of rotatable bonds is 4. The summed E-state index contributed by atoms with van der Waals surface area (Å²) in [5.41, 5.74) is 0.194. The summed E-state index contributed by atoms with van der Waals surface area (Å²) in [5.74, 6) is -2.42. The Bertz CT molecular complexity index is 1060. The number of benzene rings is 2. The lowest BCUT2D eigenvalue weighted by molar-refractivity contribution is -0.137. The second kappa shape index (κ2) is 7.18. The minimum atomic E-state index is -4.43. The first-order valence-corrected chi connectivity index (χ1v) is 7.96. The number of phenolic OH excluding ortho intramolecular Hbond substituents is 1. The van der Waals surface area contributed by atoms with Crippen LogP contribution < -0.4 is 5.32 Å². The highest BCUT2D eigenvalue weighted by molar-refractivity contribution is 6.08. The number of carbonyl (C=O) groups is 2. The number of aromatic hydroxyl groups is 1. The molecule has 0 aliphatic carbocycles. The van der Waals surface area contributed by atoms with E-state index in [-0.39, 0.29) is 16.8 Å². The third-order valence-corrected chi connectivity index (χ3v) is 4.00. The molecule has 0 radical (unpaired) electrons. The highest BCUT2D eigenvalue weighted by Crippen LogP contribution is 2.32. The van der Waals surface area contributed by atoms with Crippen LogP contribution in [0, 0.1) is 0 Å². The molecule has 0 saturated heterocycles. The molecule has 3 N–H and O–H groups in total. The first kappa shape index (κ1) is 19.2. The van der Waals surface area contributed by atoms with Crippen molar-refractivity contribution < 1.29 is 33.0 Å². The first-order valence-electron chi connectivity index (χ1n) is 7.96. The Hall–Kier alpha value is -3.62. The number of hydrogen-bond donors (Lipinski definition) is 3. The van der Waals surface area contributed by atoms with E-state index in [1.165, 1.54) is 30.5 Å². The molecule has 0 unspecified atom stereocenters. The van der Waals surface area contributed by atoms with Crippen molar-refractivity contribution in [2.45, 2.75) is 6.18 Å². The van der Waals surface area contributed by atoms with Crippen molar-refractivity contribution in [2.75, 3.05) is 6.54 Å². The number of halogens is 3. The van der Waals surface area contributed by atoms with Gasteiger partial charge in [-0.15, -0.1) is 0 Å². The maximum Gasteiger partial charge on any atom is 0.416 e. The van der Waals surface area contributed by atoms with Crippen LogP contribution in [0.15, 0.2) is 48.7 Å². The van der Waals surface area contributed by atoms with E-state index in [9.17, 15) is 27.9 Å². The van der Waals surface area contributed by atoms with Crippen LogP contribution in [0.5, 0.6) is 5.75 Å². The van der Waals surface area contributed by atoms with Crippen molar-refractivity contribution in [2.24, 2.45) is 0 Å². The number of phenols is 1. The fourth-order valence-corrected chi connectivity index (χ4v) is 2.67. The molecular weight excluding hydrogens is 377 g/mol. The van der Waals surface area contributed by atoms with Crippen molar-refractivity contribution in [3.05, 3.63) is 59.8 Å². The lowest BCUT2D eigenvalue weighted by atomic mass is 10.0. The van der Waals surface area contributed by atoms with E-state index in [1.54, 1.807) is 6.07 Å². The molecule has 0 aliphatic rings. The van der Waals surface area contributed by atoms with Crippen LogP contribution in [0.2, 0.25) is 0 Å². The number of aromatic nitrogens is 1. The molecule has 0 atom stereocenters. The second-order valence-corrected chi connectivity index (χ2v) is 5.91. The van der Waals surface area contributed by atoms with E-state index >= 15 is 0 Å². The average Bonchev–Trinajstić information content (AvgIpc) is 2.65. The highest BCUT2D eigenvalue weighted by atomic mass is 19.4. The number of pyridine rings is 1. The topological polar surface area (TPSA) is 99.5 Å². The summed E-state index contributed by atoms with van der Waals surface area (Å²) >= 11 is 0. The van der Waals surface area contributed by atoms with Gasteiger partial charge >= 0.3 is 12.1 Å². The molecule has 28 heavy (non-hydrogen) atoms. The van der Waals surface area contributed by atoms with Gasteiger partial charge in [0.05, 0.1) is 11.1 Å². The van der Waals surface area contributed by atoms with Gasteiger partial charge in [-0.3, -0.25) is 14.6 Å². The molecule has 3 aromatic rings. The Kier molecular flexibility index (Phi) is 4.91. The fraction of sp³-hybridized carbons (Fsp3) is 0.105. The number of carbonyl (C=O) groups excluding carboxylic acids is 1. The van der Waals surface area contributed by atoms with Gasteiger partial charge in [-0.2, -0.15) is 13.2 Å². The van der Waals surface area contributed by atoms with E-state index in [2.05, 4.69) is 10.3 Å². The first-order chi connectivity index (χ1) is 13.2. The Labute approximate surface area is 156 Å². The van der Waals surface area contributed by atoms with Crippen molar-refractivity contribution >= 4 is 22.8 Å². The number of hydrogen-bond acceptors (Lipinski definition) is 4. The largest absolute Gasteiger partial charge is 0.507 e. The molecule has 1 heterocycles. The minimum absolute atomic E-state index is 0.138. The molecule has 1 aromatic heterocycles. The number of nitrogens with zero attached hydrogens (tertiary/aromatic N) is 1. The Morgan fingerprint density at radius 1 is 1.04 bits per heavy atom. The third-order valence-electron chi connectivity index (χ3n) is 4.00. The monoisotopic (exact) mass is 390 g/mol. The van der Waals surface area contributed by atoms with E-state index in [4.69, 9.17) is 5.11 Å². The van der Waals surface area contributed by atoms with Crippen molar-refractivity contribution in [3.63, 3.8) is 0 Å². The van der Waals surface area contributed by atoms with Crippen molar-refractivity contribution in [3.8, 4) is 16.9 Å². The van der Waals surface area contributed by atoms with E-state index in [0.717, 1.165) is 12.1 Å². The Morgan fingerprint density at radius 3 is 2.32 bits per heavy atom. The zero-order valence-corrected chi connectivity index (χ0v) is 14.1. The third kappa shape index (κ3) is 3.88. The van der Waals surface area contributed by atoms with Gasteiger partial charge in [0.1, 0.15) is 17.9 Å². The number of carboxylic acids is 1. The van der Waals surface area contributed by atoms with Crippen LogP contribution >= 0.6 is 0 Å². The number of fused-ring (bicyclic) bond motifs is 1. The molecule has 1 amide bonds. The Morgan fingerprint density at radius 2 is 1.71 bits per heavy atom. The van der Waals surface area contributed by atoms with Crippen LogP contribution in [0.25, 0.3) is 22.0 Å². The quantitative estimate of drug-likeness (QED) is 0.634. The zero-order chi connectivity index (χ0) is 20.5. The summed E-state index contributed by atoms with van der Waals surface area (Å²) in [4.78, 5) is 26.9. The maximum atomic E-state index is 12.7. The van der Waals surface area contributed by atoms with Gasteiger partial charge in [0.25, 0.3) is 5.91 Å². The predicted octanol–water partition coefficient (Wildman–Crippen LogP) is 3.44. The van der Waals surface area contributed by atoms with Crippen LogP contribution in [0.3, 0.4) is 0 Å². The van der Waals surface area contributed by atoms with Crippen LogP contribution in [-0.2, 0) is 11.0 Å². The summed E-state index contributed by atoms with van der Waals surface area (Å²) in [6.45, 7) is -0.627. The lowest BCUT2D eigenvalue weighted by Crippen LogP contribution is -2.29. The predicted molar refractivity (Wildman–Crippen MR) is 93.8 cm³/mol. The number of amides is 1. The number of aliphatic carboxylic acids is 1. The number of alkyl halides is 3. The molecule has 0 spiro atoms. The summed E-state index contributed by atoms with van der Waals surface area (Å²) in [7, 11) is 0. The van der Waals surface area contributed by atoms with Crippen LogP contribution in [-0.4, -0.2) is 33.6 Å². The molecule has 0 fully saturated rings. The summed E-state index contributed by atoms with van der Waals surface area (Å²) < 4.78 is 38.1. The van der Waals surface area contributed by atoms with Gasteiger partial charge in [0.15, 0.2) is 0 Å². The minimum Gasteiger partial charge on any atom is -0.507 e. The highest BCUT2D eigenvalue weighted by Gasteiger charge is 2.30. The molecule has 9 heteroatoms. The maximum absolute atomic E-state index is 12.7. The normalized spacial score (nSPS) is 11.4. The molecule has 6 nitrogen and oxygen atoms in total. The SMILES string of the molecule is O=C(O)CNC(=O)c1c(O)ccc2cc(-c3ccc(C(F)(F)F)cc3)cnc12. The summed E-state index contributed by atoms with van der Waals surface area (Å²) in [5, 5.41) is 21.3. The van der Waals surface area contributed by atoms with E-state index in [0.29, 0.717) is 16.5 Å². The van der Waals surface area contributed by atoms with E-state index < -0.39 is 30.2 Å². The number of nitrogens with one attached hydrogen (secondary N) is 1. The van der Waals surface area contributed by atoms with Gasteiger partial charge in [0, 0.05) is 17.1 Å². The van der Waals surface area contributed by atoms with Crippen molar-refractivity contribution in [1.29, 1.82) is 0 Å². The molecule has 0 aliphatic heterocycles. The Balaban J connectivity index is 2.00. The standard InChI is InChI=1S/C19H13F3N2O4/c20-19(21,22)13-4-1-10(2-5-13)12-7-11-3-6-14(25)16(17(11)23-8-12)18(28)24-9-15(26)27/h1-8,25H,9H2,(H,24,28)(H,26,27). The molecule has 0 bridgehead atoms. The van der Waals surface area contributed by atoms with Gasteiger partial charge in [-0.1, -0.05) is 12.1 Å². The lowest BCUT2D eigenvalue weighted by Gasteiger charge is -2.11.